The van der Waals surface area contributed by atoms with Crippen molar-refractivity contribution in [1.29, 1.82) is 0 Å². The van der Waals surface area contributed by atoms with Gasteiger partial charge in [-0.2, -0.15) is 0 Å². The Balaban J connectivity index is 1.49. The fourth-order valence-corrected chi connectivity index (χ4v) is 3.91. The Kier molecular flexibility index (Phi) is 4.08. The van der Waals surface area contributed by atoms with Crippen molar-refractivity contribution in [3.8, 4) is 0 Å². The third-order valence-corrected chi connectivity index (χ3v) is 5.32. The molecule has 2 N–H and O–H groups in total. The summed E-state index contributed by atoms with van der Waals surface area (Å²) >= 11 is 0. The van der Waals surface area contributed by atoms with E-state index in [2.05, 4.69) is 48.4 Å². The molecule has 3 heteroatoms. The number of hydrogen-bond acceptors (Lipinski definition) is 1. The van der Waals surface area contributed by atoms with Crippen LogP contribution in [0.2, 0.25) is 0 Å². The number of aryl methyl sites for hydroxylation is 3. The number of fused-ring (bicyclic) bond motifs is 3. The number of nitrogens with one attached hydrogen (secondary N) is 2. The molecular formula is C22H24N2O. The highest BCUT2D eigenvalue weighted by Crippen LogP contribution is 2.30. The van der Waals surface area contributed by atoms with Gasteiger partial charge in [-0.1, -0.05) is 35.9 Å². The van der Waals surface area contributed by atoms with Gasteiger partial charge in [0.2, 0.25) is 5.91 Å². The highest BCUT2D eigenvalue weighted by Gasteiger charge is 2.23. The fraction of sp³-hybridized carbons (Fsp3) is 0.318. The van der Waals surface area contributed by atoms with Gasteiger partial charge >= 0.3 is 0 Å². The summed E-state index contributed by atoms with van der Waals surface area (Å²) in [6.07, 6.45) is 3.37. The van der Waals surface area contributed by atoms with Gasteiger partial charge in [-0.05, 0) is 61.9 Å². The van der Waals surface area contributed by atoms with E-state index in [-0.39, 0.29) is 11.9 Å². The van der Waals surface area contributed by atoms with E-state index in [0.717, 1.165) is 24.8 Å². The van der Waals surface area contributed by atoms with Gasteiger partial charge in [-0.3, -0.25) is 4.79 Å². The van der Waals surface area contributed by atoms with Gasteiger partial charge in [0.25, 0.3) is 0 Å². The average molecular weight is 332 g/mol. The molecule has 1 aromatic heterocycles. The quantitative estimate of drug-likeness (QED) is 0.748. The summed E-state index contributed by atoms with van der Waals surface area (Å²) in [7, 11) is 0. The number of benzene rings is 2. The zero-order valence-corrected chi connectivity index (χ0v) is 14.9. The molecule has 0 saturated heterocycles. The molecule has 4 rings (SSSR count). The minimum atomic E-state index is 0.124. The Morgan fingerprint density at radius 3 is 2.88 bits per heavy atom. The SMILES string of the molecule is Cc1ccc2[nH]c3c(c2c1)C[C@H](NC(=O)Cc1ccccc1C)CC3. The second-order valence-corrected chi connectivity index (χ2v) is 7.24. The molecule has 0 saturated carbocycles. The van der Waals surface area contributed by atoms with E-state index < -0.39 is 0 Å². The van der Waals surface area contributed by atoms with Crippen LogP contribution in [0, 0.1) is 13.8 Å². The number of amides is 1. The molecule has 1 amide bonds. The van der Waals surface area contributed by atoms with E-state index in [1.165, 1.54) is 33.3 Å². The Labute approximate surface area is 148 Å². The van der Waals surface area contributed by atoms with Gasteiger partial charge in [0.1, 0.15) is 0 Å². The lowest BCUT2D eigenvalue weighted by atomic mass is 9.91. The number of carbonyl (C=O) groups is 1. The summed E-state index contributed by atoms with van der Waals surface area (Å²) in [4.78, 5) is 16.0. The van der Waals surface area contributed by atoms with Crippen molar-refractivity contribution < 1.29 is 4.79 Å². The van der Waals surface area contributed by atoms with Crippen molar-refractivity contribution in [2.75, 3.05) is 0 Å². The molecule has 1 aliphatic carbocycles. The van der Waals surface area contributed by atoms with Gasteiger partial charge in [0, 0.05) is 22.6 Å². The third-order valence-electron chi connectivity index (χ3n) is 5.32. The van der Waals surface area contributed by atoms with Gasteiger partial charge in [-0.25, -0.2) is 0 Å². The molecule has 1 aliphatic rings. The standard InChI is InChI=1S/C22H24N2O/c1-14-7-9-20-18(11-14)19-13-17(8-10-21(19)24-20)23-22(25)12-16-6-4-3-5-15(16)2/h3-7,9,11,17,24H,8,10,12-13H2,1-2H3,(H,23,25)/t17-/m1/s1. The highest BCUT2D eigenvalue weighted by molar-refractivity contribution is 5.86. The molecule has 3 aromatic rings. The fourth-order valence-electron chi connectivity index (χ4n) is 3.91. The summed E-state index contributed by atoms with van der Waals surface area (Å²) < 4.78 is 0. The van der Waals surface area contributed by atoms with Crippen molar-refractivity contribution >= 4 is 16.8 Å². The smallest absolute Gasteiger partial charge is 0.224 e. The number of H-pyrrole nitrogens is 1. The van der Waals surface area contributed by atoms with Crippen LogP contribution in [0.5, 0.6) is 0 Å². The van der Waals surface area contributed by atoms with Crippen LogP contribution in [0.25, 0.3) is 10.9 Å². The topological polar surface area (TPSA) is 44.9 Å². The second-order valence-electron chi connectivity index (χ2n) is 7.24. The predicted octanol–water partition coefficient (Wildman–Crippen LogP) is 4.00. The molecule has 3 nitrogen and oxygen atoms in total. The Bertz CT molecular complexity index is 938. The van der Waals surface area contributed by atoms with Gasteiger partial charge < -0.3 is 10.3 Å². The zero-order valence-electron chi connectivity index (χ0n) is 14.9. The van der Waals surface area contributed by atoms with Crippen LogP contribution >= 0.6 is 0 Å². The van der Waals surface area contributed by atoms with E-state index in [9.17, 15) is 4.79 Å². The molecular weight excluding hydrogens is 308 g/mol. The summed E-state index contributed by atoms with van der Waals surface area (Å²) in [5.41, 5.74) is 7.49. The lowest BCUT2D eigenvalue weighted by Gasteiger charge is -2.24. The zero-order chi connectivity index (χ0) is 17.4. The first-order valence-corrected chi connectivity index (χ1v) is 9.04. The maximum atomic E-state index is 12.5. The van der Waals surface area contributed by atoms with Crippen molar-refractivity contribution in [3.63, 3.8) is 0 Å². The molecule has 0 fully saturated rings. The number of aromatic amines is 1. The maximum Gasteiger partial charge on any atom is 0.224 e. The Hall–Kier alpha value is -2.55. The minimum Gasteiger partial charge on any atom is -0.358 e. The highest BCUT2D eigenvalue weighted by atomic mass is 16.1. The second kappa shape index (κ2) is 6.40. The van der Waals surface area contributed by atoms with Crippen LogP contribution in [0.1, 0.15) is 34.4 Å². The first-order valence-electron chi connectivity index (χ1n) is 9.04. The van der Waals surface area contributed by atoms with E-state index in [0.29, 0.717) is 6.42 Å². The molecule has 2 aromatic carbocycles. The number of hydrogen-bond donors (Lipinski definition) is 2. The number of rotatable bonds is 3. The van der Waals surface area contributed by atoms with Crippen LogP contribution in [0.15, 0.2) is 42.5 Å². The lowest BCUT2D eigenvalue weighted by molar-refractivity contribution is -0.121. The van der Waals surface area contributed by atoms with E-state index in [1.807, 2.05) is 18.2 Å². The van der Waals surface area contributed by atoms with Crippen LogP contribution in [-0.4, -0.2) is 16.9 Å². The first kappa shape index (κ1) is 15.9. The first-order chi connectivity index (χ1) is 12.1. The summed E-state index contributed by atoms with van der Waals surface area (Å²) in [6, 6.07) is 14.9. The number of carbonyl (C=O) groups excluding carboxylic acids is 1. The molecule has 0 bridgehead atoms. The molecule has 128 valence electrons. The predicted molar refractivity (Wildman–Crippen MR) is 102 cm³/mol. The van der Waals surface area contributed by atoms with Crippen molar-refractivity contribution in [2.45, 2.75) is 45.6 Å². The molecule has 0 aliphatic heterocycles. The molecule has 0 radical (unpaired) electrons. The average Bonchev–Trinajstić information content (AvgIpc) is 2.94. The Morgan fingerprint density at radius 1 is 1.20 bits per heavy atom. The largest absolute Gasteiger partial charge is 0.358 e. The molecule has 0 spiro atoms. The molecule has 0 unspecified atom stereocenters. The van der Waals surface area contributed by atoms with Crippen molar-refractivity contribution in [3.05, 3.63) is 70.4 Å². The molecule has 1 heterocycles. The van der Waals surface area contributed by atoms with E-state index in [1.54, 1.807) is 0 Å². The van der Waals surface area contributed by atoms with Crippen LogP contribution in [0.4, 0.5) is 0 Å². The monoisotopic (exact) mass is 332 g/mol. The molecule has 25 heavy (non-hydrogen) atoms. The van der Waals surface area contributed by atoms with Crippen LogP contribution in [0.3, 0.4) is 0 Å². The van der Waals surface area contributed by atoms with Crippen molar-refractivity contribution in [2.24, 2.45) is 0 Å². The molecule has 1 atom stereocenters. The summed E-state index contributed by atoms with van der Waals surface area (Å²) in [5, 5.41) is 4.56. The Morgan fingerprint density at radius 2 is 2.04 bits per heavy atom. The van der Waals surface area contributed by atoms with E-state index in [4.69, 9.17) is 0 Å². The van der Waals surface area contributed by atoms with Gasteiger partial charge in [0.15, 0.2) is 0 Å². The minimum absolute atomic E-state index is 0.124. The summed E-state index contributed by atoms with van der Waals surface area (Å²) in [5.74, 6) is 0.124. The number of aromatic nitrogens is 1. The van der Waals surface area contributed by atoms with Crippen LogP contribution in [-0.2, 0) is 24.1 Å². The normalized spacial score (nSPS) is 16.6. The van der Waals surface area contributed by atoms with Crippen molar-refractivity contribution in [1.82, 2.24) is 10.3 Å². The van der Waals surface area contributed by atoms with Crippen LogP contribution < -0.4 is 5.32 Å². The third kappa shape index (κ3) is 3.19. The van der Waals surface area contributed by atoms with E-state index >= 15 is 0 Å². The summed E-state index contributed by atoms with van der Waals surface area (Å²) in [6.45, 7) is 4.19. The lowest BCUT2D eigenvalue weighted by Crippen LogP contribution is -2.39. The van der Waals surface area contributed by atoms with Gasteiger partial charge in [0.05, 0.1) is 6.42 Å². The van der Waals surface area contributed by atoms with Gasteiger partial charge in [-0.15, -0.1) is 0 Å². The maximum absolute atomic E-state index is 12.5.